The van der Waals surface area contributed by atoms with Gasteiger partial charge in [-0.05, 0) is 36.4 Å². The van der Waals surface area contributed by atoms with Crippen LogP contribution < -0.4 is 5.32 Å². The van der Waals surface area contributed by atoms with Gasteiger partial charge in [-0.25, -0.2) is 0 Å². The zero-order chi connectivity index (χ0) is 15.2. The fourth-order valence-corrected chi connectivity index (χ4v) is 1.80. The Morgan fingerprint density at radius 1 is 1.14 bits per heavy atom. The molecule has 0 radical (unpaired) electrons. The number of carbonyl (C=O) groups is 1. The molecule has 0 aliphatic rings. The van der Waals surface area contributed by atoms with Crippen molar-refractivity contribution in [1.82, 2.24) is 0 Å². The van der Waals surface area contributed by atoms with Crippen LogP contribution in [0, 0.1) is 10.1 Å². The average Bonchev–Trinajstić information content (AvgIpc) is 2.48. The molecule has 21 heavy (non-hydrogen) atoms. The molecule has 106 valence electrons. The molecule has 0 aromatic heterocycles. The minimum Gasteiger partial charge on any atom is -0.323 e. The summed E-state index contributed by atoms with van der Waals surface area (Å²) >= 11 is 5.75. The number of para-hydroxylation sites is 1. The molecule has 0 saturated carbocycles. The molecule has 0 bridgehead atoms. The SMILES string of the molecule is O=C(/C=C/c1ccccc1[N+](=O)[O-])Nc1ccc(Cl)cc1. The summed E-state index contributed by atoms with van der Waals surface area (Å²) in [4.78, 5) is 22.1. The molecule has 2 aromatic rings. The summed E-state index contributed by atoms with van der Waals surface area (Å²) in [7, 11) is 0. The molecule has 1 N–H and O–H groups in total. The minimum absolute atomic E-state index is 0.0481. The third-order valence-electron chi connectivity index (χ3n) is 2.66. The largest absolute Gasteiger partial charge is 0.323 e. The first-order chi connectivity index (χ1) is 10.1. The van der Waals surface area contributed by atoms with Gasteiger partial charge >= 0.3 is 0 Å². The van der Waals surface area contributed by atoms with E-state index >= 15 is 0 Å². The van der Waals surface area contributed by atoms with E-state index < -0.39 is 4.92 Å². The average molecular weight is 303 g/mol. The molecular formula is C15H11ClN2O3. The van der Waals surface area contributed by atoms with Gasteiger partial charge in [-0.3, -0.25) is 14.9 Å². The predicted molar refractivity (Wildman–Crippen MR) is 82.2 cm³/mol. The van der Waals surface area contributed by atoms with Crippen molar-refractivity contribution in [3.8, 4) is 0 Å². The zero-order valence-corrected chi connectivity index (χ0v) is 11.6. The van der Waals surface area contributed by atoms with E-state index in [1.165, 1.54) is 18.2 Å². The summed E-state index contributed by atoms with van der Waals surface area (Å²) in [6.45, 7) is 0. The lowest BCUT2D eigenvalue weighted by atomic mass is 10.1. The molecule has 2 rings (SSSR count). The highest BCUT2D eigenvalue weighted by molar-refractivity contribution is 6.30. The van der Waals surface area contributed by atoms with Gasteiger partial charge < -0.3 is 5.32 Å². The van der Waals surface area contributed by atoms with E-state index in [4.69, 9.17) is 11.6 Å². The lowest BCUT2D eigenvalue weighted by molar-refractivity contribution is -0.385. The Morgan fingerprint density at radius 3 is 2.48 bits per heavy atom. The molecule has 0 saturated heterocycles. The molecule has 0 fully saturated rings. The maximum Gasteiger partial charge on any atom is 0.276 e. The lowest BCUT2D eigenvalue weighted by Crippen LogP contribution is -2.07. The van der Waals surface area contributed by atoms with Crippen LogP contribution in [0.1, 0.15) is 5.56 Å². The van der Waals surface area contributed by atoms with Gasteiger partial charge in [0.1, 0.15) is 0 Å². The predicted octanol–water partition coefficient (Wildman–Crippen LogP) is 3.90. The fraction of sp³-hybridized carbons (Fsp3) is 0. The van der Waals surface area contributed by atoms with E-state index in [0.29, 0.717) is 16.3 Å². The molecule has 0 aliphatic heterocycles. The Bertz CT molecular complexity index is 696. The molecule has 1 amide bonds. The van der Waals surface area contributed by atoms with Crippen molar-refractivity contribution in [3.05, 3.63) is 75.3 Å². The first kappa shape index (κ1) is 14.7. The Balaban J connectivity index is 2.09. The van der Waals surface area contributed by atoms with Gasteiger partial charge in [0, 0.05) is 22.9 Å². The molecule has 0 unspecified atom stereocenters. The normalized spacial score (nSPS) is 10.5. The maximum absolute atomic E-state index is 11.8. The van der Waals surface area contributed by atoms with Gasteiger partial charge in [0.2, 0.25) is 5.91 Å². The number of nitro groups is 1. The van der Waals surface area contributed by atoms with E-state index in [1.807, 2.05) is 0 Å². The Hall–Kier alpha value is -2.66. The summed E-state index contributed by atoms with van der Waals surface area (Å²) in [5.74, 6) is -0.379. The highest BCUT2D eigenvalue weighted by atomic mass is 35.5. The van der Waals surface area contributed by atoms with Crippen molar-refractivity contribution in [1.29, 1.82) is 0 Å². The third-order valence-corrected chi connectivity index (χ3v) is 2.91. The topological polar surface area (TPSA) is 72.2 Å². The number of benzene rings is 2. The van der Waals surface area contributed by atoms with E-state index in [2.05, 4.69) is 5.32 Å². The van der Waals surface area contributed by atoms with Gasteiger partial charge in [-0.1, -0.05) is 23.7 Å². The van der Waals surface area contributed by atoms with Crippen LogP contribution in [-0.4, -0.2) is 10.8 Å². The van der Waals surface area contributed by atoms with Crippen LogP contribution >= 0.6 is 11.6 Å². The van der Waals surface area contributed by atoms with Crippen LogP contribution in [0.5, 0.6) is 0 Å². The molecule has 0 aliphatic carbocycles. The number of nitro benzene ring substituents is 1. The Labute approximate surface area is 126 Å². The van der Waals surface area contributed by atoms with Crippen molar-refractivity contribution in [3.63, 3.8) is 0 Å². The second-order valence-electron chi connectivity index (χ2n) is 4.15. The number of nitrogens with zero attached hydrogens (tertiary/aromatic N) is 1. The Morgan fingerprint density at radius 2 is 1.81 bits per heavy atom. The summed E-state index contributed by atoms with van der Waals surface area (Å²) in [6, 6.07) is 12.8. The van der Waals surface area contributed by atoms with Gasteiger partial charge in [0.25, 0.3) is 5.69 Å². The number of carbonyl (C=O) groups excluding carboxylic acids is 1. The maximum atomic E-state index is 11.8. The molecular weight excluding hydrogens is 292 g/mol. The summed E-state index contributed by atoms with van der Waals surface area (Å²) < 4.78 is 0. The fourth-order valence-electron chi connectivity index (χ4n) is 1.68. The standard InChI is InChI=1S/C15H11ClN2O3/c16-12-6-8-13(9-7-12)17-15(19)10-5-11-3-1-2-4-14(11)18(20)21/h1-10H,(H,17,19)/b10-5+. The van der Waals surface area contributed by atoms with Gasteiger partial charge in [-0.15, -0.1) is 0 Å². The molecule has 0 atom stereocenters. The number of halogens is 1. The lowest BCUT2D eigenvalue weighted by Gasteiger charge is -2.01. The van der Waals surface area contributed by atoms with Crippen LogP contribution in [0.15, 0.2) is 54.6 Å². The van der Waals surface area contributed by atoms with E-state index in [9.17, 15) is 14.9 Å². The van der Waals surface area contributed by atoms with Crippen molar-refractivity contribution in [2.24, 2.45) is 0 Å². The van der Waals surface area contributed by atoms with Crippen molar-refractivity contribution in [2.45, 2.75) is 0 Å². The highest BCUT2D eigenvalue weighted by Gasteiger charge is 2.09. The van der Waals surface area contributed by atoms with Gasteiger partial charge in [0.05, 0.1) is 10.5 Å². The quantitative estimate of drug-likeness (QED) is 0.529. The van der Waals surface area contributed by atoms with Crippen molar-refractivity contribution < 1.29 is 9.72 Å². The van der Waals surface area contributed by atoms with E-state index in [-0.39, 0.29) is 11.6 Å². The Kier molecular flexibility index (Phi) is 4.68. The van der Waals surface area contributed by atoms with Gasteiger partial charge in [0.15, 0.2) is 0 Å². The number of hydrogen-bond acceptors (Lipinski definition) is 3. The van der Waals surface area contributed by atoms with E-state index in [0.717, 1.165) is 0 Å². The van der Waals surface area contributed by atoms with Crippen LogP contribution in [0.3, 0.4) is 0 Å². The number of rotatable bonds is 4. The van der Waals surface area contributed by atoms with Crippen LogP contribution in [0.4, 0.5) is 11.4 Å². The first-order valence-corrected chi connectivity index (χ1v) is 6.42. The van der Waals surface area contributed by atoms with Crippen LogP contribution in [0.2, 0.25) is 5.02 Å². The number of anilines is 1. The van der Waals surface area contributed by atoms with Gasteiger partial charge in [-0.2, -0.15) is 0 Å². The summed E-state index contributed by atoms with van der Waals surface area (Å²) in [5, 5.41) is 14.1. The van der Waals surface area contributed by atoms with Crippen molar-refractivity contribution >= 4 is 35.0 Å². The number of amides is 1. The molecule has 6 heteroatoms. The third kappa shape index (κ3) is 4.15. The highest BCUT2D eigenvalue weighted by Crippen LogP contribution is 2.19. The molecule has 0 spiro atoms. The first-order valence-electron chi connectivity index (χ1n) is 6.04. The molecule has 0 heterocycles. The zero-order valence-electron chi connectivity index (χ0n) is 10.8. The van der Waals surface area contributed by atoms with Crippen LogP contribution in [-0.2, 0) is 4.79 Å². The molecule has 2 aromatic carbocycles. The molecule has 5 nitrogen and oxygen atoms in total. The second-order valence-corrected chi connectivity index (χ2v) is 4.58. The summed E-state index contributed by atoms with van der Waals surface area (Å²) in [5.41, 5.74) is 0.915. The summed E-state index contributed by atoms with van der Waals surface area (Å²) in [6.07, 6.45) is 2.65. The smallest absolute Gasteiger partial charge is 0.276 e. The number of hydrogen-bond donors (Lipinski definition) is 1. The monoisotopic (exact) mass is 302 g/mol. The van der Waals surface area contributed by atoms with E-state index in [1.54, 1.807) is 42.5 Å². The second kappa shape index (κ2) is 6.67. The van der Waals surface area contributed by atoms with Crippen molar-refractivity contribution in [2.75, 3.05) is 5.32 Å². The number of nitrogens with one attached hydrogen (secondary N) is 1. The van der Waals surface area contributed by atoms with Crippen LogP contribution in [0.25, 0.3) is 6.08 Å². The minimum atomic E-state index is -0.489.